The van der Waals surface area contributed by atoms with Gasteiger partial charge in [0.2, 0.25) is 11.1 Å². The quantitative estimate of drug-likeness (QED) is 0.175. The first-order valence-electron chi connectivity index (χ1n) is 14.8. The van der Waals surface area contributed by atoms with Crippen molar-refractivity contribution in [3.8, 4) is 11.1 Å². The Morgan fingerprint density at radius 2 is 1.71 bits per heavy atom. The first-order valence-corrected chi connectivity index (χ1v) is 15.8. The number of carboxylic acids is 1. The number of hydrogen-bond acceptors (Lipinski definition) is 9. The van der Waals surface area contributed by atoms with Crippen LogP contribution in [0.1, 0.15) is 60.8 Å². The van der Waals surface area contributed by atoms with Gasteiger partial charge in [0, 0.05) is 43.7 Å². The number of tetrazole rings is 1. The fourth-order valence-electron chi connectivity index (χ4n) is 5.19. The summed E-state index contributed by atoms with van der Waals surface area (Å²) in [7, 11) is 1.81. The third-order valence-electron chi connectivity index (χ3n) is 7.81. The number of hydrogen-bond donors (Lipinski definition) is 3. The molecule has 3 N–H and O–H groups in total. The lowest BCUT2D eigenvalue weighted by Crippen LogP contribution is -2.38. The van der Waals surface area contributed by atoms with Gasteiger partial charge in [0.15, 0.2) is 6.29 Å². The molecule has 0 spiro atoms. The number of aliphatic hydroxyl groups is 1. The molecule has 0 saturated carbocycles. The van der Waals surface area contributed by atoms with Crippen LogP contribution in [0.15, 0.2) is 78.0 Å². The third kappa shape index (κ3) is 8.54. The van der Waals surface area contributed by atoms with Crippen molar-refractivity contribution in [2.45, 2.75) is 63.0 Å². The van der Waals surface area contributed by atoms with Crippen molar-refractivity contribution in [2.24, 2.45) is 13.0 Å². The number of thioether (sulfide) groups is 1. The Labute approximate surface area is 266 Å². The van der Waals surface area contributed by atoms with Gasteiger partial charge < -0.3 is 25.0 Å². The summed E-state index contributed by atoms with van der Waals surface area (Å²) in [6.45, 7) is 2.47. The average Bonchev–Trinajstić information content (AvgIpc) is 3.47. The lowest BCUT2D eigenvalue weighted by Gasteiger charge is -2.41. The molecule has 1 fully saturated rings. The Hall–Kier alpha value is -4.10. The normalized spacial score (nSPS) is 19.7. The Bertz CT molecular complexity index is 1580. The van der Waals surface area contributed by atoms with Crippen LogP contribution in [-0.4, -0.2) is 54.2 Å². The third-order valence-corrected chi connectivity index (χ3v) is 8.91. The summed E-state index contributed by atoms with van der Waals surface area (Å²) in [5.41, 5.74) is 5.72. The standard InChI is InChI=1S/C33H37N5O6S/c1-21-28(20-45-33-35-36-37-38(33)2)43-32(44-31(21)25-11-9-22(19-39)10-12-25)26-15-13-24(14-16-26)27-6-3-5-23(17-27)18-34-29(40)7-4-8-30(41)42/h3,5-6,9-17,21,28,31-32,39H,4,7-8,18-20H2,1-2H3,(H,34,40)(H,41,42)/t21-,28+,31+,32+/m1/s1. The number of carbonyl (C=O) groups excluding carboxylic acids is 1. The summed E-state index contributed by atoms with van der Waals surface area (Å²) in [5, 5.41) is 33.6. The van der Waals surface area contributed by atoms with Crippen LogP contribution in [0.4, 0.5) is 0 Å². The zero-order chi connectivity index (χ0) is 31.8. The molecule has 45 heavy (non-hydrogen) atoms. The van der Waals surface area contributed by atoms with Crippen molar-refractivity contribution >= 4 is 23.6 Å². The van der Waals surface area contributed by atoms with E-state index in [1.165, 1.54) is 11.8 Å². The molecular formula is C33H37N5O6S. The van der Waals surface area contributed by atoms with Crippen molar-refractivity contribution in [2.75, 3.05) is 5.75 Å². The van der Waals surface area contributed by atoms with Gasteiger partial charge >= 0.3 is 5.97 Å². The van der Waals surface area contributed by atoms with Gasteiger partial charge in [-0.2, -0.15) is 0 Å². The Balaban J connectivity index is 1.29. The molecule has 12 heteroatoms. The predicted molar refractivity (Wildman–Crippen MR) is 168 cm³/mol. The highest BCUT2D eigenvalue weighted by molar-refractivity contribution is 7.99. The number of carbonyl (C=O) groups is 2. The van der Waals surface area contributed by atoms with Gasteiger partial charge in [0.05, 0.1) is 18.8 Å². The molecule has 0 bridgehead atoms. The molecule has 4 atom stereocenters. The molecule has 3 aromatic carbocycles. The second kappa shape index (κ2) is 15.3. The minimum absolute atomic E-state index is 0.0173. The maximum Gasteiger partial charge on any atom is 0.303 e. The molecule has 0 radical (unpaired) electrons. The fraction of sp³-hybridized carbons (Fsp3) is 0.364. The second-order valence-electron chi connectivity index (χ2n) is 11.1. The van der Waals surface area contributed by atoms with E-state index in [-0.39, 0.29) is 43.5 Å². The number of ether oxygens (including phenoxy) is 2. The van der Waals surface area contributed by atoms with E-state index in [0.717, 1.165) is 33.4 Å². The van der Waals surface area contributed by atoms with Crippen LogP contribution in [0.25, 0.3) is 11.1 Å². The van der Waals surface area contributed by atoms with Crippen molar-refractivity contribution in [3.63, 3.8) is 0 Å². The monoisotopic (exact) mass is 631 g/mol. The van der Waals surface area contributed by atoms with Crippen LogP contribution in [0, 0.1) is 5.92 Å². The topological polar surface area (TPSA) is 149 Å². The number of aromatic nitrogens is 4. The van der Waals surface area contributed by atoms with Gasteiger partial charge in [-0.15, -0.1) is 5.10 Å². The van der Waals surface area contributed by atoms with Gasteiger partial charge in [-0.3, -0.25) is 9.59 Å². The molecule has 236 valence electrons. The van der Waals surface area contributed by atoms with Crippen LogP contribution >= 0.6 is 11.8 Å². The van der Waals surface area contributed by atoms with E-state index in [4.69, 9.17) is 14.6 Å². The zero-order valence-corrected chi connectivity index (χ0v) is 26.0. The Morgan fingerprint density at radius 3 is 2.40 bits per heavy atom. The molecule has 2 heterocycles. The van der Waals surface area contributed by atoms with Crippen LogP contribution < -0.4 is 5.32 Å². The average molecular weight is 632 g/mol. The molecule has 1 saturated heterocycles. The van der Waals surface area contributed by atoms with Gasteiger partial charge in [0.25, 0.3) is 0 Å². The van der Waals surface area contributed by atoms with Crippen LogP contribution in [-0.2, 0) is 39.3 Å². The van der Waals surface area contributed by atoms with E-state index < -0.39 is 12.3 Å². The highest BCUT2D eigenvalue weighted by Gasteiger charge is 2.38. The second-order valence-corrected chi connectivity index (χ2v) is 12.1. The number of rotatable bonds is 13. The number of nitrogens with one attached hydrogen (secondary N) is 1. The van der Waals surface area contributed by atoms with Crippen molar-refractivity contribution in [1.29, 1.82) is 0 Å². The van der Waals surface area contributed by atoms with E-state index in [1.54, 1.807) is 4.68 Å². The molecule has 0 unspecified atom stereocenters. The summed E-state index contributed by atoms with van der Waals surface area (Å²) < 4.78 is 14.8. The zero-order valence-electron chi connectivity index (χ0n) is 25.2. The van der Waals surface area contributed by atoms with E-state index in [9.17, 15) is 14.7 Å². The van der Waals surface area contributed by atoms with Gasteiger partial charge in [-0.25, -0.2) is 4.68 Å². The minimum atomic E-state index is -0.902. The number of aryl methyl sites for hydroxylation is 1. The number of benzene rings is 3. The Morgan fingerprint density at radius 1 is 0.956 bits per heavy atom. The molecule has 1 amide bonds. The number of nitrogens with zero attached hydrogens (tertiary/aromatic N) is 4. The predicted octanol–water partition coefficient (Wildman–Crippen LogP) is 4.82. The Kier molecular flexibility index (Phi) is 11.0. The minimum Gasteiger partial charge on any atom is -0.481 e. The molecule has 0 aliphatic carbocycles. The molecule has 4 aromatic rings. The van der Waals surface area contributed by atoms with Crippen molar-refractivity contribution < 1.29 is 29.3 Å². The summed E-state index contributed by atoms with van der Waals surface area (Å²) in [6, 6.07) is 23.9. The van der Waals surface area contributed by atoms with E-state index in [0.29, 0.717) is 23.9 Å². The summed E-state index contributed by atoms with van der Waals surface area (Å²) in [6.07, 6.45) is -0.491. The maximum absolute atomic E-state index is 12.1. The lowest BCUT2D eigenvalue weighted by atomic mass is 9.91. The molecule has 1 aromatic heterocycles. The molecule has 11 nitrogen and oxygen atoms in total. The first kappa shape index (κ1) is 32.3. The number of carboxylic acid groups (broad SMARTS) is 1. The van der Waals surface area contributed by atoms with E-state index >= 15 is 0 Å². The van der Waals surface area contributed by atoms with Crippen molar-refractivity contribution in [3.05, 3.63) is 95.1 Å². The van der Waals surface area contributed by atoms with Crippen LogP contribution in [0.3, 0.4) is 0 Å². The SMILES string of the molecule is C[C@@H]1[C@H](CSc2nnnn2C)O[C@H](c2ccc(-c3cccc(CNC(=O)CCCC(=O)O)c3)cc2)O[C@@H]1c1ccc(CO)cc1. The lowest BCUT2D eigenvalue weighted by molar-refractivity contribution is -0.268. The van der Waals surface area contributed by atoms with Gasteiger partial charge in [-0.05, 0) is 50.7 Å². The summed E-state index contributed by atoms with van der Waals surface area (Å²) in [4.78, 5) is 22.8. The summed E-state index contributed by atoms with van der Waals surface area (Å²) in [5.74, 6) is -0.391. The first-order chi connectivity index (χ1) is 21.8. The van der Waals surface area contributed by atoms with Gasteiger partial charge in [-0.1, -0.05) is 85.4 Å². The maximum atomic E-state index is 12.1. The highest BCUT2D eigenvalue weighted by atomic mass is 32.2. The highest BCUT2D eigenvalue weighted by Crippen LogP contribution is 2.43. The fourth-order valence-corrected chi connectivity index (χ4v) is 6.21. The smallest absolute Gasteiger partial charge is 0.303 e. The van der Waals surface area contributed by atoms with Crippen LogP contribution in [0.5, 0.6) is 0 Å². The number of amides is 1. The number of aliphatic carboxylic acids is 1. The van der Waals surface area contributed by atoms with Crippen molar-refractivity contribution in [1.82, 2.24) is 25.5 Å². The molecule has 1 aliphatic heterocycles. The number of aliphatic hydroxyl groups excluding tert-OH is 1. The summed E-state index contributed by atoms with van der Waals surface area (Å²) >= 11 is 1.54. The van der Waals surface area contributed by atoms with Gasteiger partial charge in [0.1, 0.15) is 0 Å². The molecular weight excluding hydrogens is 594 g/mol. The molecule has 5 rings (SSSR count). The van der Waals surface area contributed by atoms with E-state index in [2.05, 4.69) is 27.8 Å². The van der Waals surface area contributed by atoms with E-state index in [1.807, 2.05) is 79.8 Å². The largest absolute Gasteiger partial charge is 0.481 e. The molecule has 1 aliphatic rings. The van der Waals surface area contributed by atoms with Crippen LogP contribution in [0.2, 0.25) is 0 Å².